The van der Waals surface area contributed by atoms with Gasteiger partial charge in [0, 0.05) is 28.6 Å². The number of hydrazone groups is 1. The number of benzene rings is 3. The van der Waals surface area contributed by atoms with E-state index in [0.29, 0.717) is 22.6 Å². The standard InChI is InChI=1S/C25H17BrN4O4S/c26-17-9-10-22-19(13-17)21-14-20(16-6-2-1-3-7-16)28-29(21)25(34-22)23(35-24(31)27-25)12-15-5-4-8-18(11-15)30(32)33/h1-13,21H,14H2,(H,27,31)/b23-12-. The first kappa shape index (κ1) is 21.9. The van der Waals surface area contributed by atoms with Crippen LogP contribution in [-0.4, -0.2) is 26.7 Å². The molecule has 1 spiro atoms. The summed E-state index contributed by atoms with van der Waals surface area (Å²) in [5.74, 6) is -0.722. The van der Waals surface area contributed by atoms with Crippen LogP contribution in [0.3, 0.4) is 0 Å². The Labute approximate surface area is 212 Å². The summed E-state index contributed by atoms with van der Waals surface area (Å²) in [6.07, 6.45) is 2.37. The predicted molar refractivity (Wildman–Crippen MR) is 137 cm³/mol. The average Bonchev–Trinajstić information content (AvgIpc) is 3.43. The molecule has 3 aromatic carbocycles. The second-order valence-electron chi connectivity index (χ2n) is 8.28. The zero-order chi connectivity index (χ0) is 24.2. The van der Waals surface area contributed by atoms with Gasteiger partial charge < -0.3 is 4.74 Å². The molecule has 3 aliphatic rings. The summed E-state index contributed by atoms with van der Waals surface area (Å²) in [5, 5.41) is 20.7. The molecule has 0 aromatic heterocycles. The fourth-order valence-corrected chi connectivity index (χ4v) is 5.86. The predicted octanol–water partition coefficient (Wildman–Crippen LogP) is 6.05. The summed E-state index contributed by atoms with van der Waals surface area (Å²) in [4.78, 5) is 24.1. The van der Waals surface area contributed by atoms with Crippen LogP contribution in [0.5, 0.6) is 5.75 Å². The number of nitro benzene ring substituents is 1. The van der Waals surface area contributed by atoms with Crippen molar-refractivity contribution in [3.8, 4) is 5.75 Å². The van der Waals surface area contributed by atoms with Crippen molar-refractivity contribution >= 4 is 50.4 Å². The van der Waals surface area contributed by atoms with Crippen LogP contribution in [0, 0.1) is 10.1 Å². The number of hydrogen-bond donors (Lipinski definition) is 1. The van der Waals surface area contributed by atoms with Gasteiger partial charge in [0.25, 0.3) is 10.9 Å². The number of hydrogen-bond acceptors (Lipinski definition) is 7. The monoisotopic (exact) mass is 548 g/mol. The summed E-state index contributed by atoms with van der Waals surface area (Å²) in [6, 6.07) is 21.8. The van der Waals surface area contributed by atoms with Gasteiger partial charge in [-0.05, 0) is 47.2 Å². The van der Waals surface area contributed by atoms with E-state index in [2.05, 4.69) is 21.2 Å². The van der Waals surface area contributed by atoms with E-state index in [4.69, 9.17) is 9.84 Å². The SMILES string of the molecule is O=C1NC2(Oc3ccc(Br)cc3C3CC(c4ccccc4)=NN32)/C(=C/c2cccc([N+](=O)[O-])c2)S1. The van der Waals surface area contributed by atoms with Crippen LogP contribution in [0.1, 0.15) is 29.2 Å². The largest absolute Gasteiger partial charge is 0.444 e. The Morgan fingerprint density at radius 3 is 2.80 bits per heavy atom. The summed E-state index contributed by atoms with van der Waals surface area (Å²) in [7, 11) is 0. The van der Waals surface area contributed by atoms with Crippen molar-refractivity contribution in [2.24, 2.45) is 5.10 Å². The minimum atomic E-state index is -1.37. The van der Waals surface area contributed by atoms with Crippen LogP contribution in [0.4, 0.5) is 10.5 Å². The van der Waals surface area contributed by atoms with E-state index in [9.17, 15) is 14.9 Å². The smallest absolute Gasteiger partial charge is 0.314 e. The molecule has 35 heavy (non-hydrogen) atoms. The Bertz CT molecular complexity index is 1440. The number of nitrogens with zero attached hydrogens (tertiary/aromatic N) is 3. The van der Waals surface area contributed by atoms with Gasteiger partial charge in [-0.25, -0.2) is 5.01 Å². The minimum Gasteiger partial charge on any atom is -0.444 e. The Morgan fingerprint density at radius 2 is 2.00 bits per heavy atom. The molecule has 3 aliphatic heterocycles. The molecular weight excluding hydrogens is 532 g/mol. The number of thioether (sulfide) groups is 1. The maximum Gasteiger partial charge on any atom is 0.314 e. The molecule has 6 rings (SSSR count). The molecule has 3 aromatic rings. The first-order chi connectivity index (χ1) is 16.9. The number of carbonyl (C=O) groups excluding carboxylic acids is 1. The van der Waals surface area contributed by atoms with Crippen molar-refractivity contribution in [1.82, 2.24) is 10.3 Å². The summed E-state index contributed by atoms with van der Waals surface area (Å²) in [5.41, 5.74) is 3.40. The van der Waals surface area contributed by atoms with Crippen molar-refractivity contribution in [2.75, 3.05) is 0 Å². The van der Waals surface area contributed by atoms with Gasteiger partial charge in [-0.2, -0.15) is 5.10 Å². The molecule has 2 unspecified atom stereocenters. The van der Waals surface area contributed by atoms with E-state index in [1.54, 1.807) is 18.2 Å². The fourth-order valence-electron chi connectivity index (χ4n) is 4.57. The highest BCUT2D eigenvalue weighted by Crippen LogP contribution is 2.53. The normalized spacial score (nSPS) is 23.5. The molecule has 0 bridgehead atoms. The van der Waals surface area contributed by atoms with Gasteiger partial charge in [0.05, 0.1) is 21.6 Å². The molecular formula is C25H17BrN4O4S. The first-order valence-corrected chi connectivity index (χ1v) is 12.4. The zero-order valence-electron chi connectivity index (χ0n) is 18.1. The van der Waals surface area contributed by atoms with Crippen molar-refractivity contribution in [3.05, 3.63) is 109 Å². The molecule has 10 heteroatoms. The molecule has 1 fully saturated rings. The van der Waals surface area contributed by atoms with Crippen molar-refractivity contribution in [1.29, 1.82) is 0 Å². The van der Waals surface area contributed by atoms with Crippen molar-refractivity contribution < 1.29 is 14.5 Å². The van der Waals surface area contributed by atoms with Gasteiger partial charge in [0.2, 0.25) is 0 Å². The molecule has 1 N–H and O–H groups in total. The van der Waals surface area contributed by atoms with Crippen LogP contribution in [0.25, 0.3) is 6.08 Å². The molecule has 0 saturated carbocycles. The molecule has 8 nitrogen and oxygen atoms in total. The van der Waals surface area contributed by atoms with E-state index < -0.39 is 10.8 Å². The lowest BCUT2D eigenvalue weighted by Gasteiger charge is -2.45. The molecule has 0 radical (unpaired) electrons. The number of halogens is 1. The minimum absolute atomic E-state index is 0.0288. The Balaban J connectivity index is 1.51. The number of fused-ring (bicyclic) bond motifs is 4. The first-order valence-electron chi connectivity index (χ1n) is 10.8. The maximum absolute atomic E-state index is 12.7. The lowest BCUT2D eigenvalue weighted by molar-refractivity contribution is -0.384. The summed E-state index contributed by atoms with van der Waals surface area (Å²) < 4.78 is 7.43. The van der Waals surface area contributed by atoms with Gasteiger partial charge in [0.1, 0.15) is 5.75 Å². The van der Waals surface area contributed by atoms with Gasteiger partial charge in [-0.3, -0.25) is 20.2 Å². The highest BCUT2D eigenvalue weighted by Gasteiger charge is 2.58. The third-order valence-electron chi connectivity index (χ3n) is 6.12. The number of rotatable bonds is 3. The van der Waals surface area contributed by atoms with E-state index in [-0.39, 0.29) is 17.0 Å². The van der Waals surface area contributed by atoms with Crippen molar-refractivity contribution in [2.45, 2.75) is 18.3 Å². The van der Waals surface area contributed by atoms with Crippen molar-refractivity contribution in [3.63, 3.8) is 0 Å². The third kappa shape index (κ3) is 3.69. The second kappa shape index (κ2) is 8.24. The van der Waals surface area contributed by atoms with E-state index in [1.165, 1.54) is 12.1 Å². The van der Waals surface area contributed by atoms with E-state index in [0.717, 1.165) is 33.1 Å². The Morgan fingerprint density at radius 1 is 1.17 bits per heavy atom. The van der Waals surface area contributed by atoms with Crippen LogP contribution in [0.2, 0.25) is 0 Å². The third-order valence-corrected chi connectivity index (χ3v) is 7.51. The highest BCUT2D eigenvalue weighted by atomic mass is 79.9. The lowest BCUT2D eigenvalue weighted by Crippen LogP contribution is -2.61. The van der Waals surface area contributed by atoms with Gasteiger partial charge in [-0.15, -0.1) is 0 Å². The summed E-state index contributed by atoms with van der Waals surface area (Å²) in [6.45, 7) is 0. The lowest BCUT2D eigenvalue weighted by atomic mass is 9.95. The summed E-state index contributed by atoms with van der Waals surface area (Å²) >= 11 is 4.55. The number of amides is 1. The fraction of sp³-hybridized carbons (Fsp3) is 0.120. The van der Waals surface area contributed by atoms with Crippen LogP contribution < -0.4 is 10.1 Å². The van der Waals surface area contributed by atoms with E-state index >= 15 is 0 Å². The molecule has 2 atom stereocenters. The van der Waals surface area contributed by atoms with Gasteiger partial charge in [-0.1, -0.05) is 58.4 Å². The average molecular weight is 549 g/mol. The molecule has 0 aliphatic carbocycles. The quantitative estimate of drug-likeness (QED) is 0.316. The van der Waals surface area contributed by atoms with Crippen LogP contribution in [0.15, 0.2) is 87.3 Å². The molecule has 174 valence electrons. The number of nitro groups is 1. The number of non-ortho nitro benzene ring substituents is 1. The molecule has 1 amide bonds. The Hall–Kier alpha value is -3.63. The van der Waals surface area contributed by atoms with Gasteiger partial charge in [0.15, 0.2) is 0 Å². The molecule has 1 saturated heterocycles. The highest BCUT2D eigenvalue weighted by molar-refractivity contribution is 9.10. The van der Waals surface area contributed by atoms with E-state index in [1.807, 2.05) is 53.5 Å². The number of carbonyl (C=O) groups is 1. The topological polar surface area (TPSA) is 97.1 Å². The zero-order valence-corrected chi connectivity index (χ0v) is 20.5. The molecule has 3 heterocycles. The van der Waals surface area contributed by atoms with Crippen LogP contribution >= 0.6 is 27.7 Å². The van der Waals surface area contributed by atoms with Crippen LogP contribution in [-0.2, 0) is 0 Å². The Kier molecular flexibility index (Phi) is 5.15. The number of ether oxygens (including phenoxy) is 1. The maximum atomic E-state index is 12.7. The van der Waals surface area contributed by atoms with Gasteiger partial charge >= 0.3 is 5.85 Å². The number of nitrogens with one attached hydrogen (secondary N) is 1. The second-order valence-corrected chi connectivity index (χ2v) is 10.2.